The maximum atomic E-state index is 11.6. The van der Waals surface area contributed by atoms with E-state index in [1.807, 2.05) is 32.9 Å². The normalized spacial score (nSPS) is 10.7. The molecule has 0 aliphatic rings. The van der Waals surface area contributed by atoms with Gasteiger partial charge in [-0.15, -0.1) is 0 Å². The van der Waals surface area contributed by atoms with Crippen LogP contribution in [0, 0.1) is 5.92 Å². The summed E-state index contributed by atoms with van der Waals surface area (Å²) >= 11 is 0. The average molecular weight is 289 g/mol. The maximum absolute atomic E-state index is 11.6. The summed E-state index contributed by atoms with van der Waals surface area (Å²) in [6.45, 7) is 11.1. The Morgan fingerprint density at radius 1 is 1.33 bits per heavy atom. The third-order valence-electron chi connectivity index (χ3n) is 3.29. The van der Waals surface area contributed by atoms with E-state index in [-0.39, 0.29) is 5.97 Å². The first-order valence-corrected chi connectivity index (χ1v) is 7.58. The van der Waals surface area contributed by atoms with Crippen LogP contribution in [0.25, 0.3) is 5.57 Å². The van der Waals surface area contributed by atoms with Gasteiger partial charge in [-0.2, -0.15) is 0 Å². The van der Waals surface area contributed by atoms with Gasteiger partial charge in [0.15, 0.2) is 0 Å². The topological polar surface area (TPSA) is 52.3 Å². The fraction of sp³-hybridized carbons (Fsp3) is 0.500. The van der Waals surface area contributed by atoms with Gasteiger partial charge in [0, 0.05) is 13.0 Å². The number of benzene rings is 1. The highest BCUT2D eigenvalue weighted by Crippen LogP contribution is 2.23. The van der Waals surface area contributed by atoms with Crippen molar-refractivity contribution in [1.29, 1.82) is 0 Å². The van der Waals surface area contributed by atoms with E-state index in [1.54, 1.807) is 0 Å². The summed E-state index contributed by atoms with van der Waals surface area (Å²) < 4.78 is 5.19. The van der Waals surface area contributed by atoms with E-state index in [0.29, 0.717) is 25.5 Å². The smallest absolute Gasteiger partial charge is 0.305 e. The Bertz CT molecular complexity index is 492. The molecule has 21 heavy (non-hydrogen) atoms. The van der Waals surface area contributed by atoms with Gasteiger partial charge in [0.05, 0.1) is 6.61 Å². The molecule has 1 aromatic rings. The number of hydrogen-bond acceptors (Lipinski definition) is 3. The van der Waals surface area contributed by atoms with E-state index in [0.717, 1.165) is 29.5 Å². The van der Waals surface area contributed by atoms with Crippen LogP contribution < -0.4 is 5.73 Å². The Morgan fingerprint density at radius 2 is 2.00 bits per heavy atom. The minimum Gasteiger partial charge on any atom is -0.465 e. The van der Waals surface area contributed by atoms with Crippen LogP contribution in [-0.2, 0) is 22.5 Å². The number of aryl methyl sites for hydroxylation is 1. The summed E-state index contributed by atoms with van der Waals surface area (Å²) in [6, 6.07) is 6.13. The molecule has 0 fully saturated rings. The number of rotatable bonds is 8. The Balaban J connectivity index is 2.60. The fourth-order valence-electron chi connectivity index (χ4n) is 2.33. The summed E-state index contributed by atoms with van der Waals surface area (Å²) in [6.07, 6.45) is 2.08. The Morgan fingerprint density at radius 3 is 2.57 bits per heavy atom. The van der Waals surface area contributed by atoms with Gasteiger partial charge in [0.25, 0.3) is 0 Å². The van der Waals surface area contributed by atoms with E-state index < -0.39 is 0 Å². The third-order valence-corrected chi connectivity index (χ3v) is 3.29. The lowest BCUT2D eigenvalue weighted by Gasteiger charge is -2.14. The van der Waals surface area contributed by atoms with Crippen LogP contribution >= 0.6 is 0 Å². The highest BCUT2D eigenvalue weighted by Gasteiger charge is 2.10. The molecule has 0 spiro atoms. The standard InChI is InChI=1S/C18H27NO2/c1-13(2)12-21-17(20)10-6-8-15-7-5-9-16(11-19)18(15)14(3)4/h5,7,9,13H,3,6,8,10-12,19H2,1-2,4H3. The van der Waals surface area contributed by atoms with E-state index in [9.17, 15) is 4.79 Å². The predicted octanol–water partition coefficient (Wildman–Crippen LogP) is 3.70. The van der Waals surface area contributed by atoms with Crippen LogP contribution in [0.4, 0.5) is 0 Å². The van der Waals surface area contributed by atoms with Crippen molar-refractivity contribution < 1.29 is 9.53 Å². The van der Waals surface area contributed by atoms with Crippen LogP contribution in [0.3, 0.4) is 0 Å². The first-order chi connectivity index (χ1) is 9.95. The summed E-state index contributed by atoms with van der Waals surface area (Å²) in [5.41, 5.74) is 10.3. The van der Waals surface area contributed by atoms with Crippen molar-refractivity contribution in [3.63, 3.8) is 0 Å². The molecule has 3 heteroatoms. The molecule has 0 atom stereocenters. The van der Waals surface area contributed by atoms with Crippen LogP contribution in [0.2, 0.25) is 0 Å². The SMILES string of the molecule is C=C(C)c1c(CN)cccc1CCCC(=O)OCC(C)C. The number of nitrogens with two attached hydrogens (primary N) is 1. The molecule has 2 N–H and O–H groups in total. The van der Waals surface area contributed by atoms with Crippen molar-refractivity contribution in [3.8, 4) is 0 Å². The predicted molar refractivity (Wildman–Crippen MR) is 87.8 cm³/mol. The number of hydrogen-bond donors (Lipinski definition) is 1. The second-order valence-corrected chi connectivity index (χ2v) is 5.87. The quantitative estimate of drug-likeness (QED) is 0.742. The Kier molecular flexibility index (Phi) is 7.17. The molecular weight excluding hydrogens is 262 g/mol. The summed E-state index contributed by atoms with van der Waals surface area (Å²) in [4.78, 5) is 11.6. The zero-order chi connectivity index (χ0) is 15.8. The molecule has 0 aliphatic heterocycles. The fourth-order valence-corrected chi connectivity index (χ4v) is 2.33. The minimum absolute atomic E-state index is 0.115. The highest BCUT2D eigenvalue weighted by molar-refractivity contribution is 5.70. The van der Waals surface area contributed by atoms with Gasteiger partial charge in [0.2, 0.25) is 0 Å². The van der Waals surface area contributed by atoms with Gasteiger partial charge in [0.1, 0.15) is 0 Å². The van der Waals surface area contributed by atoms with Crippen molar-refractivity contribution >= 4 is 11.5 Å². The van der Waals surface area contributed by atoms with E-state index >= 15 is 0 Å². The lowest BCUT2D eigenvalue weighted by atomic mass is 9.93. The van der Waals surface area contributed by atoms with Crippen molar-refractivity contribution in [3.05, 3.63) is 41.5 Å². The molecule has 0 saturated heterocycles. The van der Waals surface area contributed by atoms with Crippen LogP contribution in [-0.4, -0.2) is 12.6 Å². The number of ether oxygens (including phenoxy) is 1. The first kappa shape index (κ1) is 17.4. The molecule has 3 nitrogen and oxygen atoms in total. The average Bonchev–Trinajstić information content (AvgIpc) is 2.44. The van der Waals surface area contributed by atoms with Gasteiger partial charge >= 0.3 is 5.97 Å². The van der Waals surface area contributed by atoms with Crippen molar-refractivity contribution in [1.82, 2.24) is 0 Å². The monoisotopic (exact) mass is 289 g/mol. The summed E-state index contributed by atoms with van der Waals surface area (Å²) in [5, 5.41) is 0. The number of carbonyl (C=O) groups is 1. The minimum atomic E-state index is -0.115. The van der Waals surface area contributed by atoms with Gasteiger partial charge in [-0.3, -0.25) is 4.79 Å². The molecule has 0 aromatic heterocycles. The number of esters is 1. The molecule has 0 aliphatic carbocycles. The number of carbonyl (C=O) groups excluding carboxylic acids is 1. The molecule has 0 heterocycles. The molecule has 0 saturated carbocycles. The molecule has 1 aromatic carbocycles. The van der Waals surface area contributed by atoms with E-state index in [2.05, 4.69) is 12.6 Å². The van der Waals surface area contributed by atoms with Gasteiger partial charge in [-0.25, -0.2) is 0 Å². The van der Waals surface area contributed by atoms with Gasteiger partial charge in [-0.05, 0) is 42.4 Å². The molecule has 0 radical (unpaired) electrons. The maximum Gasteiger partial charge on any atom is 0.305 e. The van der Waals surface area contributed by atoms with Crippen LogP contribution in [0.1, 0.15) is 50.3 Å². The first-order valence-electron chi connectivity index (χ1n) is 7.58. The zero-order valence-electron chi connectivity index (χ0n) is 13.4. The van der Waals surface area contributed by atoms with Crippen LogP contribution in [0.5, 0.6) is 0 Å². The number of allylic oxidation sites excluding steroid dienone is 1. The highest BCUT2D eigenvalue weighted by atomic mass is 16.5. The molecule has 1 rings (SSSR count). The lowest BCUT2D eigenvalue weighted by Crippen LogP contribution is -2.10. The zero-order valence-corrected chi connectivity index (χ0v) is 13.4. The van der Waals surface area contributed by atoms with Gasteiger partial charge < -0.3 is 10.5 Å². The molecule has 116 valence electrons. The molecule has 0 bridgehead atoms. The largest absolute Gasteiger partial charge is 0.465 e. The van der Waals surface area contributed by atoms with Gasteiger partial charge in [-0.1, -0.05) is 44.2 Å². The van der Waals surface area contributed by atoms with E-state index in [4.69, 9.17) is 10.5 Å². The third kappa shape index (κ3) is 5.72. The van der Waals surface area contributed by atoms with Crippen molar-refractivity contribution in [2.75, 3.05) is 6.61 Å². The molecular formula is C18H27NO2. The van der Waals surface area contributed by atoms with Crippen molar-refractivity contribution in [2.45, 2.75) is 46.6 Å². The summed E-state index contributed by atoms with van der Waals surface area (Å²) in [5.74, 6) is 0.265. The summed E-state index contributed by atoms with van der Waals surface area (Å²) in [7, 11) is 0. The second-order valence-electron chi connectivity index (χ2n) is 5.87. The second kappa shape index (κ2) is 8.63. The van der Waals surface area contributed by atoms with Crippen LogP contribution in [0.15, 0.2) is 24.8 Å². The van der Waals surface area contributed by atoms with E-state index in [1.165, 1.54) is 5.56 Å². The molecule has 0 unspecified atom stereocenters. The molecule has 0 amide bonds. The Hall–Kier alpha value is -1.61. The van der Waals surface area contributed by atoms with Crippen molar-refractivity contribution in [2.24, 2.45) is 11.7 Å². The lowest BCUT2D eigenvalue weighted by molar-refractivity contribution is -0.144. The Labute approximate surface area is 128 Å².